The molecule has 0 fully saturated rings. The van der Waals surface area contributed by atoms with E-state index in [0.717, 1.165) is 22.5 Å². The van der Waals surface area contributed by atoms with E-state index in [1.807, 2.05) is 6.92 Å². The second kappa shape index (κ2) is 6.27. The second-order valence-electron chi connectivity index (χ2n) is 4.84. The van der Waals surface area contributed by atoms with E-state index >= 15 is 0 Å². The summed E-state index contributed by atoms with van der Waals surface area (Å²) in [6.07, 6.45) is 0. The molecule has 23 heavy (non-hydrogen) atoms. The van der Waals surface area contributed by atoms with Crippen LogP contribution in [-0.4, -0.2) is 18.6 Å². The Hall–Kier alpha value is -1.96. The van der Waals surface area contributed by atoms with Crippen molar-refractivity contribution in [1.82, 2.24) is 10.2 Å². The van der Waals surface area contributed by atoms with E-state index in [2.05, 4.69) is 14.9 Å². The van der Waals surface area contributed by atoms with Crippen molar-refractivity contribution in [2.45, 2.75) is 11.8 Å². The van der Waals surface area contributed by atoms with Crippen molar-refractivity contribution in [3.05, 3.63) is 59.1 Å². The lowest BCUT2D eigenvalue weighted by Crippen LogP contribution is -2.12. The molecule has 2 aromatic carbocycles. The van der Waals surface area contributed by atoms with Gasteiger partial charge in [-0.05, 0) is 31.2 Å². The molecule has 0 saturated carbocycles. The molecule has 0 bridgehead atoms. The predicted octanol–water partition coefficient (Wildman–Crippen LogP) is 3.97. The Morgan fingerprint density at radius 3 is 2.30 bits per heavy atom. The molecule has 0 atom stereocenters. The van der Waals surface area contributed by atoms with Gasteiger partial charge in [-0.3, -0.25) is 4.72 Å². The first-order valence-electron chi connectivity index (χ1n) is 6.63. The van der Waals surface area contributed by atoms with Gasteiger partial charge in [0, 0.05) is 10.6 Å². The number of aromatic nitrogens is 2. The molecule has 3 aromatic rings. The summed E-state index contributed by atoms with van der Waals surface area (Å²) < 4.78 is 27.1. The van der Waals surface area contributed by atoms with E-state index < -0.39 is 10.0 Å². The SMILES string of the molecule is Cc1ccc(S(=O)(=O)Nc2nnc(-c3ccc(Cl)cc3)s2)cc1. The molecular formula is C15H12ClN3O2S2. The number of sulfonamides is 1. The number of hydrogen-bond acceptors (Lipinski definition) is 5. The number of hydrogen-bond donors (Lipinski definition) is 1. The molecule has 0 radical (unpaired) electrons. The van der Waals surface area contributed by atoms with Crippen LogP contribution in [0.15, 0.2) is 53.4 Å². The lowest BCUT2D eigenvalue weighted by Gasteiger charge is -2.04. The van der Waals surface area contributed by atoms with Gasteiger partial charge in [0.1, 0.15) is 5.01 Å². The van der Waals surface area contributed by atoms with Crippen LogP contribution < -0.4 is 4.72 Å². The smallest absolute Gasteiger partial charge is 0.253 e. The van der Waals surface area contributed by atoms with Gasteiger partial charge in [-0.1, -0.05) is 52.8 Å². The van der Waals surface area contributed by atoms with Crippen molar-refractivity contribution in [3.63, 3.8) is 0 Å². The van der Waals surface area contributed by atoms with Gasteiger partial charge in [0.15, 0.2) is 0 Å². The molecule has 0 amide bonds. The Morgan fingerprint density at radius 2 is 1.65 bits per heavy atom. The maximum Gasteiger partial charge on any atom is 0.263 e. The third-order valence-electron chi connectivity index (χ3n) is 3.07. The zero-order valence-corrected chi connectivity index (χ0v) is 14.4. The molecule has 0 unspecified atom stereocenters. The third-order valence-corrected chi connectivity index (χ3v) is 5.69. The van der Waals surface area contributed by atoms with Crippen LogP contribution in [0.25, 0.3) is 10.6 Å². The lowest BCUT2D eigenvalue weighted by atomic mass is 10.2. The van der Waals surface area contributed by atoms with Crippen molar-refractivity contribution in [1.29, 1.82) is 0 Å². The highest BCUT2D eigenvalue weighted by Crippen LogP contribution is 2.28. The quantitative estimate of drug-likeness (QED) is 0.759. The van der Waals surface area contributed by atoms with Gasteiger partial charge in [-0.15, -0.1) is 10.2 Å². The molecule has 118 valence electrons. The van der Waals surface area contributed by atoms with E-state index in [0.29, 0.717) is 10.0 Å². The third kappa shape index (κ3) is 3.69. The van der Waals surface area contributed by atoms with Crippen LogP contribution in [0.3, 0.4) is 0 Å². The monoisotopic (exact) mass is 365 g/mol. The number of aryl methyl sites for hydroxylation is 1. The molecule has 0 aliphatic carbocycles. The normalized spacial score (nSPS) is 11.4. The van der Waals surface area contributed by atoms with E-state index in [4.69, 9.17) is 11.6 Å². The number of anilines is 1. The minimum atomic E-state index is -3.67. The summed E-state index contributed by atoms with van der Waals surface area (Å²) in [5.41, 5.74) is 1.82. The molecule has 1 aromatic heterocycles. The summed E-state index contributed by atoms with van der Waals surface area (Å²) >= 11 is 7.01. The lowest BCUT2D eigenvalue weighted by molar-refractivity contribution is 0.601. The van der Waals surface area contributed by atoms with Crippen LogP contribution >= 0.6 is 22.9 Å². The Kier molecular flexibility index (Phi) is 4.34. The van der Waals surface area contributed by atoms with Gasteiger partial charge in [-0.2, -0.15) is 0 Å². The largest absolute Gasteiger partial charge is 0.263 e. The fraction of sp³-hybridized carbons (Fsp3) is 0.0667. The molecular weight excluding hydrogens is 354 g/mol. The fourth-order valence-corrected chi connectivity index (χ4v) is 3.97. The summed E-state index contributed by atoms with van der Waals surface area (Å²) in [6.45, 7) is 1.90. The van der Waals surface area contributed by atoms with Crippen molar-refractivity contribution < 1.29 is 8.42 Å². The topological polar surface area (TPSA) is 72.0 Å². The maximum atomic E-state index is 12.3. The van der Waals surface area contributed by atoms with Crippen molar-refractivity contribution >= 4 is 38.1 Å². The van der Waals surface area contributed by atoms with Crippen LogP contribution in [0.1, 0.15) is 5.56 Å². The highest BCUT2D eigenvalue weighted by molar-refractivity contribution is 7.93. The zero-order valence-electron chi connectivity index (χ0n) is 12.0. The highest BCUT2D eigenvalue weighted by Gasteiger charge is 2.17. The summed E-state index contributed by atoms with van der Waals surface area (Å²) in [6, 6.07) is 13.7. The Bertz CT molecular complexity index is 920. The number of benzene rings is 2. The van der Waals surface area contributed by atoms with Crippen LogP contribution in [0.5, 0.6) is 0 Å². The second-order valence-corrected chi connectivity index (χ2v) is 7.93. The van der Waals surface area contributed by atoms with Crippen molar-refractivity contribution in [2.75, 3.05) is 4.72 Å². The Labute approximate surface area is 143 Å². The summed E-state index contributed by atoms with van der Waals surface area (Å²) in [5, 5.41) is 9.35. The first-order valence-corrected chi connectivity index (χ1v) is 9.31. The molecule has 1 N–H and O–H groups in total. The number of rotatable bonds is 4. The average molecular weight is 366 g/mol. The average Bonchev–Trinajstić information content (AvgIpc) is 2.96. The molecule has 0 saturated heterocycles. The molecule has 1 heterocycles. The van der Waals surface area contributed by atoms with Crippen LogP contribution in [0.2, 0.25) is 5.02 Å². The van der Waals surface area contributed by atoms with E-state index in [1.165, 1.54) is 0 Å². The summed E-state index contributed by atoms with van der Waals surface area (Å²) in [7, 11) is -3.67. The van der Waals surface area contributed by atoms with E-state index in [9.17, 15) is 8.42 Å². The minimum absolute atomic E-state index is 0.186. The number of nitrogens with one attached hydrogen (secondary N) is 1. The van der Waals surface area contributed by atoms with Gasteiger partial charge in [-0.25, -0.2) is 8.42 Å². The van der Waals surface area contributed by atoms with Crippen LogP contribution in [0, 0.1) is 6.92 Å². The molecule has 0 spiro atoms. The van der Waals surface area contributed by atoms with Gasteiger partial charge < -0.3 is 0 Å². The molecule has 0 aliphatic heterocycles. The van der Waals surface area contributed by atoms with Gasteiger partial charge in [0.2, 0.25) is 5.13 Å². The van der Waals surface area contributed by atoms with Crippen LogP contribution in [-0.2, 0) is 10.0 Å². The number of halogens is 1. The van der Waals surface area contributed by atoms with Gasteiger partial charge in [0.25, 0.3) is 10.0 Å². The summed E-state index contributed by atoms with van der Waals surface area (Å²) in [5.74, 6) is 0. The predicted molar refractivity (Wildman–Crippen MR) is 92.3 cm³/mol. The zero-order chi connectivity index (χ0) is 16.4. The minimum Gasteiger partial charge on any atom is -0.253 e. The summed E-state index contributed by atoms with van der Waals surface area (Å²) in [4.78, 5) is 0.186. The number of nitrogens with zero attached hydrogens (tertiary/aromatic N) is 2. The first kappa shape index (κ1) is 15.9. The van der Waals surface area contributed by atoms with Gasteiger partial charge >= 0.3 is 0 Å². The fourth-order valence-electron chi connectivity index (χ4n) is 1.86. The van der Waals surface area contributed by atoms with Gasteiger partial charge in [0.05, 0.1) is 4.90 Å². The highest BCUT2D eigenvalue weighted by atomic mass is 35.5. The van der Waals surface area contributed by atoms with E-state index in [1.54, 1.807) is 48.5 Å². The standard InChI is InChI=1S/C15H12ClN3O2S2/c1-10-2-8-13(9-3-10)23(20,21)19-15-18-17-14(22-15)11-4-6-12(16)7-5-11/h2-9H,1H3,(H,18,19). The van der Waals surface area contributed by atoms with Crippen molar-refractivity contribution in [2.24, 2.45) is 0 Å². The van der Waals surface area contributed by atoms with Crippen molar-refractivity contribution in [3.8, 4) is 10.6 Å². The first-order chi connectivity index (χ1) is 10.9. The Balaban J connectivity index is 1.83. The van der Waals surface area contributed by atoms with E-state index in [-0.39, 0.29) is 10.0 Å². The molecule has 0 aliphatic rings. The Morgan fingerprint density at radius 1 is 1.00 bits per heavy atom. The maximum absolute atomic E-state index is 12.3. The molecule has 5 nitrogen and oxygen atoms in total. The molecule has 3 rings (SSSR count). The van der Waals surface area contributed by atoms with Crippen LogP contribution in [0.4, 0.5) is 5.13 Å². The molecule has 8 heteroatoms.